The lowest BCUT2D eigenvalue weighted by atomic mass is 10.0. The van der Waals surface area contributed by atoms with E-state index in [1.807, 2.05) is 0 Å². The number of hydrogen-bond acceptors (Lipinski definition) is 9. The Hall–Kier alpha value is -1.29. The quantitative estimate of drug-likeness (QED) is 0.363. The van der Waals surface area contributed by atoms with Crippen LogP contribution in [0.15, 0.2) is 0 Å². The SMILES string of the molecule is CC(=O)OC[C@@H]1S[C@H](Br)[C@H](OC(C)=O)[C@@H](OC(C)=O)[C@@H]1OC(C)=O. The summed E-state index contributed by atoms with van der Waals surface area (Å²) in [7, 11) is 0. The zero-order chi connectivity index (χ0) is 18.4. The Morgan fingerprint density at radius 3 is 1.71 bits per heavy atom. The highest BCUT2D eigenvalue weighted by atomic mass is 79.9. The summed E-state index contributed by atoms with van der Waals surface area (Å²) in [5, 5.41) is -0.502. The molecule has 0 aliphatic carbocycles. The molecule has 0 aromatic rings. The van der Waals surface area contributed by atoms with Gasteiger partial charge < -0.3 is 18.9 Å². The van der Waals surface area contributed by atoms with Gasteiger partial charge in [-0.25, -0.2) is 0 Å². The minimum Gasteiger partial charge on any atom is -0.465 e. The van der Waals surface area contributed by atoms with E-state index in [9.17, 15) is 19.2 Å². The summed E-state index contributed by atoms with van der Waals surface area (Å²) in [6.45, 7) is 4.83. The molecule has 1 fully saturated rings. The molecule has 0 aromatic carbocycles. The minimum absolute atomic E-state index is 0.0510. The molecule has 0 unspecified atom stereocenters. The van der Waals surface area contributed by atoms with E-state index in [4.69, 9.17) is 18.9 Å². The molecular formula is C14H19BrO8S. The molecule has 24 heavy (non-hydrogen) atoms. The molecule has 0 amide bonds. The fourth-order valence-corrected chi connectivity index (χ4v) is 4.63. The van der Waals surface area contributed by atoms with Crippen molar-refractivity contribution in [2.24, 2.45) is 0 Å². The molecule has 1 rings (SSSR count). The zero-order valence-corrected chi connectivity index (χ0v) is 16.0. The van der Waals surface area contributed by atoms with Gasteiger partial charge in [-0.1, -0.05) is 15.9 Å². The third-order valence-corrected chi connectivity index (χ3v) is 5.38. The summed E-state index contributed by atoms with van der Waals surface area (Å²) in [6.07, 6.45) is -2.83. The molecule has 136 valence electrons. The fraction of sp³-hybridized carbons (Fsp3) is 0.714. The van der Waals surface area contributed by atoms with Crippen molar-refractivity contribution in [2.45, 2.75) is 55.4 Å². The molecule has 0 radical (unpaired) electrons. The molecule has 1 saturated heterocycles. The third-order valence-electron chi connectivity index (χ3n) is 2.93. The Kier molecular flexibility index (Phi) is 8.01. The number of ether oxygens (including phenoxy) is 4. The van der Waals surface area contributed by atoms with Crippen LogP contribution < -0.4 is 0 Å². The van der Waals surface area contributed by atoms with E-state index in [1.165, 1.54) is 39.5 Å². The van der Waals surface area contributed by atoms with E-state index in [0.29, 0.717) is 0 Å². The van der Waals surface area contributed by atoms with Crippen LogP contribution in [-0.4, -0.2) is 58.2 Å². The number of rotatable bonds is 5. The molecule has 0 spiro atoms. The molecule has 1 aliphatic heterocycles. The number of carbonyl (C=O) groups excluding carboxylic acids is 4. The molecule has 0 aromatic heterocycles. The maximum atomic E-state index is 11.4. The van der Waals surface area contributed by atoms with E-state index < -0.39 is 51.6 Å². The van der Waals surface area contributed by atoms with Crippen LogP contribution in [0.3, 0.4) is 0 Å². The average Bonchev–Trinajstić information content (AvgIpc) is 2.42. The van der Waals surface area contributed by atoms with Gasteiger partial charge in [-0.15, -0.1) is 11.8 Å². The van der Waals surface area contributed by atoms with Crippen LogP contribution in [0.5, 0.6) is 0 Å². The monoisotopic (exact) mass is 426 g/mol. The topological polar surface area (TPSA) is 105 Å². The van der Waals surface area contributed by atoms with E-state index in [-0.39, 0.29) is 6.61 Å². The van der Waals surface area contributed by atoms with Crippen LogP contribution in [0.25, 0.3) is 0 Å². The van der Waals surface area contributed by atoms with E-state index in [2.05, 4.69) is 15.9 Å². The van der Waals surface area contributed by atoms with E-state index in [1.54, 1.807) is 0 Å². The lowest BCUT2D eigenvalue weighted by molar-refractivity contribution is -0.183. The van der Waals surface area contributed by atoms with Gasteiger partial charge in [0.25, 0.3) is 0 Å². The van der Waals surface area contributed by atoms with Crippen molar-refractivity contribution in [3.05, 3.63) is 0 Å². The molecule has 0 N–H and O–H groups in total. The lowest BCUT2D eigenvalue weighted by Gasteiger charge is -2.42. The van der Waals surface area contributed by atoms with Crippen LogP contribution in [-0.2, 0) is 38.1 Å². The van der Waals surface area contributed by atoms with Crippen molar-refractivity contribution in [1.82, 2.24) is 0 Å². The van der Waals surface area contributed by atoms with Gasteiger partial charge in [0.05, 0.1) is 5.25 Å². The maximum Gasteiger partial charge on any atom is 0.303 e. The number of halogens is 1. The van der Waals surface area contributed by atoms with Crippen molar-refractivity contribution >= 4 is 51.6 Å². The van der Waals surface area contributed by atoms with Crippen LogP contribution in [0.1, 0.15) is 27.7 Å². The Balaban J connectivity index is 3.11. The van der Waals surface area contributed by atoms with Gasteiger partial charge in [-0.2, -0.15) is 0 Å². The highest BCUT2D eigenvalue weighted by Crippen LogP contribution is 2.40. The number of carbonyl (C=O) groups is 4. The molecule has 5 atom stereocenters. The summed E-state index contributed by atoms with van der Waals surface area (Å²) in [5.74, 6) is -2.27. The van der Waals surface area contributed by atoms with Crippen LogP contribution >= 0.6 is 27.7 Å². The minimum atomic E-state index is -1.03. The highest BCUT2D eigenvalue weighted by Gasteiger charge is 2.50. The first-order chi connectivity index (χ1) is 11.1. The Morgan fingerprint density at radius 2 is 1.25 bits per heavy atom. The average molecular weight is 427 g/mol. The Bertz CT molecular complexity index is 511. The molecule has 1 heterocycles. The summed E-state index contributed by atoms with van der Waals surface area (Å²) < 4.78 is 20.3. The van der Waals surface area contributed by atoms with Gasteiger partial charge in [-0.3, -0.25) is 19.2 Å². The second kappa shape index (κ2) is 9.26. The van der Waals surface area contributed by atoms with Crippen LogP contribution in [0.4, 0.5) is 0 Å². The first kappa shape index (κ1) is 20.8. The molecular weight excluding hydrogens is 408 g/mol. The van der Waals surface area contributed by atoms with Gasteiger partial charge in [-0.05, 0) is 0 Å². The van der Waals surface area contributed by atoms with Gasteiger partial charge in [0, 0.05) is 27.7 Å². The van der Waals surface area contributed by atoms with Gasteiger partial charge in [0.2, 0.25) is 0 Å². The van der Waals surface area contributed by atoms with Crippen molar-refractivity contribution in [3.8, 4) is 0 Å². The van der Waals surface area contributed by atoms with Crippen molar-refractivity contribution < 1.29 is 38.1 Å². The molecule has 0 bridgehead atoms. The predicted molar refractivity (Wildman–Crippen MR) is 87.4 cm³/mol. The third kappa shape index (κ3) is 6.31. The first-order valence-electron chi connectivity index (χ1n) is 7.06. The smallest absolute Gasteiger partial charge is 0.303 e. The summed E-state index contributed by atoms with van der Waals surface area (Å²) in [6, 6.07) is 0. The summed E-state index contributed by atoms with van der Waals surface area (Å²) in [4.78, 5) is 45.3. The number of thioether (sulfide) groups is 1. The molecule has 10 heteroatoms. The van der Waals surface area contributed by atoms with Crippen molar-refractivity contribution in [1.29, 1.82) is 0 Å². The van der Waals surface area contributed by atoms with E-state index >= 15 is 0 Å². The zero-order valence-electron chi connectivity index (χ0n) is 13.6. The van der Waals surface area contributed by atoms with Gasteiger partial charge in [0.1, 0.15) is 10.8 Å². The van der Waals surface area contributed by atoms with Crippen molar-refractivity contribution in [2.75, 3.05) is 6.61 Å². The largest absolute Gasteiger partial charge is 0.465 e. The standard InChI is InChI=1S/C14H19BrO8S/c1-6(16)20-5-10-11(21-7(2)17)12(22-8(3)18)13(14(15)24-10)23-9(4)19/h10-14H,5H2,1-4H3/t10-,11+,12-,13+,14-/m0/s1. The highest BCUT2D eigenvalue weighted by molar-refractivity contribution is 9.11. The number of alkyl halides is 1. The predicted octanol–water partition coefficient (Wildman–Crippen LogP) is 1.18. The normalized spacial score (nSPS) is 29.3. The first-order valence-corrected chi connectivity index (χ1v) is 8.92. The number of hydrogen-bond donors (Lipinski definition) is 0. The second-order valence-corrected chi connectivity index (χ2v) is 8.03. The number of esters is 4. The van der Waals surface area contributed by atoms with Gasteiger partial charge in [0.15, 0.2) is 18.3 Å². The molecule has 8 nitrogen and oxygen atoms in total. The van der Waals surface area contributed by atoms with E-state index in [0.717, 1.165) is 0 Å². The Labute approximate surface area is 152 Å². The van der Waals surface area contributed by atoms with Gasteiger partial charge >= 0.3 is 23.9 Å². The fourth-order valence-electron chi connectivity index (χ4n) is 2.18. The maximum absolute atomic E-state index is 11.4. The lowest BCUT2D eigenvalue weighted by Crippen LogP contribution is -2.57. The molecule has 0 saturated carbocycles. The Morgan fingerprint density at radius 1 is 0.792 bits per heavy atom. The second-order valence-electron chi connectivity index (χ2n) is 5.05. The molecule has 1 aliphatic rings. The van der Waals surface area contributed by atoms with Crippen LogP contribution in [0.2, 0.25) is 0 Å². The van der Waals surface area contributed by atoms with Crippen LogP contribution in [0, 0.1) is 0 Å². The summed E-state index contributed by atoms with van der Waals surface area (Å²) in [5.41, 5.74) is 0. The van der Waals surface area contributed by atoms with Crippen molar-refractivity contribution in [3.63, 3.8) is 0 Å². The summed E-state index contributed by atoms with van der Waals surface area (Å²) >= 11 is 4.62.